The molecule has 4 nitrogen and oxygen atoms in total. The molecule has 0 radical (unpaired) electrons. The van der Waals surface area contributed by atoms with Crippen molar-refractivity contribution in [3.05, 3.63) is 28.8 Å². The van der Waals surface area contributed by atoms with Crippen LogP contribution in [0.4, 0.5) is 0 Å². The molecule has 0 fully saturated rings. The van der Waals surface area contributed by atoms with Gasteiger partial charge >= 0.3 is 0 Å². The maximum absolute atomic E-state index is 8.80. The lowest BCUT2D eigenvalue weighted by Crippen LogP contribution is -2.18. The summed E-state index contributed by atoms with van der Waals surface area (Å²) in [4.78, 5) is 0. The van der Waals surface area contributed by atoms with E-state index in [9.17, 15) is 0 Å². The predicted octanol–water partition coefficient (Wildman–Crippen LogP) is 4.17. The van der Waals surface area contributed by atoms with Crippen LogP contribution < -0.4 is 10.5 Å². The first-order chi connectivity index (χ1) is 9.58. The summed E-state index contributed by atoms with van der Waals surface area (Å²) in [5.74, 6) is 0.591. The van der Waals surface area contributed by atoms with Crippen LogP contribution in [0.2, 0.25) is 5.02 Å². The van der Waals surface area contributed by atoms with Crippen LogP contribution in [0.1, 0.15) is 51.5 Å². The molecule has 3 N–H and O–H groups in total. The fourth-order valence-corrected chi connectivity index (χ4v) is 2.17. The molecule has 20 heavy (non-hydrogen) atoms. The van der Waals surface area contributed by atoms with Gasteiger partial charge in [-0.15, -0.1) is 0 Å². The third-order valence-corrected chi connectivity index (χ3v) is 3.35. The van der Waals surface area contributed by atoms with E-state index in [2.05, 4.69) is 12.1 Å². The van der Waals surface area contributed by atoms with Gasteiger partial charge in [0.2, 0.25) is 0 Å². The smallest absolute Gasteiger partial charge is 0.173 e. The van der Waals surface area contributed by atoms with E-state index in [-0.39, 0.29) is 11.9 Å². The minimum atomic E-state index is 0.000632. The van der Waals surface area contributed by atoms with Crippen LogP contribution in [-0.4, -0.2) is 17.1 Å². The second-order valence-corrected chi connectivity index (χ2v) is 5.34. The summed E-state index contributed by atoms with van der Waals surface area (Å²) in [6.07, 6.45) is 5.90. The van der Waals surface area contributed by atoms with E-state index in [0.717, 1.165) is 12.8 Å². The zero-order valence-corrected chi connectivity index (χ0v) is 12.9. The Balaban J connectivity index is 2.67. The molecule has 0 spiro atoms. The molecule has 1 atom stereocenters. The average Bonchev–Trinajstić information content (AvgIpc) is 2.44. The van der Waals surface area contributed by atoms with Crippen molar-refractivity contribution in [2.75, 3.05) is 0 Å². The van der Waals surface area contributed by atoms with Crippen molar-refractivity contribution >= 4 is 17.4 Å². The Morgan fingerprint density at radius 3 is 2.80 bits per heavy atom. The number of rotatable bonds is 8. The van der Waals surface area contributed by atoms with E-state index in [1.807, 2.05) is 6.92 Å². The second-order valence-electron chi connectivity index (χ2n) is 4.90. The molecule has 1 aromatic carbocycles. The molecule has 5 heteroatoms. The lowest BCUT2D eigenvalue weighted by molar-refractivity contribution is 0.206. The van der Waals surface area contributed by atoms with Crippen molar-refractivity contribution in [3.8, 4) is 5.75 Å². The summed E-state index contributed by atoms with van der Waals surface area (Å²) in [7, 11) is 0. The lowest BCUT2D eigenvalue weighted by Gasteiger charge is -2.17. The molecule has 0 heterocycles. The van der Waals surface area contributed by atoms with Crippen LogP contribution in [0.5, 0.6) is 5.75 Å². The van der Waals surface area contributed by atoms with Gasteiger partial charge < -0.3 is 15.7 Å². The van der Waals surface area contributed by atoms with Crippen molar-refractivity contribution in [1.82, 2.24) is 0 Å². The second kappa shape index (κ2) is 8.69. The molecular weight excluding hydrogens is 276 g/mol. The fourth-order valence-electron chi connectivity index (χ4n) is 1.99. The van der Waals surface area contributed by atoms with Crippen LogP contribution in [0, 0.1) is 0 Å². The Kier molecular flexibility index (Phi) is 7.23. The van der Waals surface area contributed by atoms with Crippen molar-refractivity contribution in [3.63, 3.8) is 0 Å². The monoisotopic (exact) mass is 298 g/mol. The van der Waals surface area contributed by atoms with Gasteiger partial charge in [-0.2, -0.15) is 0 Å². The van der Waals surface area contributed by atoms with Crippen LogP contribution in [0.25, 0.3) is 0 Å². The predicted molar refractivity (Wildman–Crippen MR) is 82.8 cm³/mol. The van der Waals surface area contributed by atoms with E-state index >= 15 is 0 Å². The Morgan fingerprint density at radius 1 is 1.40 bits per heavy atom. The quantitative estimate of drug-likeness (QED) is 0.249. The first kappa shape index (κ1) is 16.6. The summed E-state index contributed by atoms with van der Waals surface area (Å²) >= 11 is 5.93. The topological polar surface area (TPSA) is 67.8 Å². The maximum Gasteiger partial charge on any atom is 0.173 e. The Morgan fingerprint density at radius 2 is 2.15 bits per heavy atom. The van der Waals surface area contributed by atoms with Crippen LogP contribution in [-0.2, 0) is 0 Å². The molecule has 0 saturated heterocycles. The van der Waals surface area contributed by atoms with Gasteiger partial charge in [-0.3, -0.25) is 0 Å². The number of nitrogens with zero attached hydrogens (tertiary/aromatic N) is 1. The van der Waals surface area contributed by atoms with Crippen molar-refractivity contribution in [2.45, 2.75) is 52.1 Å². The minimum absolute atomic E-state index is 0.000632. The molecule has 0 saturated carbocycles. The van der Waals surface area contributed by atoms with E-state index in [0.29, 0.717) is 16.3 Å². The van der Waals surface area contributed by atoms with Crippen molar-refractivity contribution in [1.29, 1.82) is 0 Å². The third-order valence-electron chi connectivity index (χ3n) is 3.12. The molecule has 0 amide bonds. The molecule has 1 aromatic rings. The Hall–Kier alpha value is -1.42. The molecule has 0 aliphatic heterocycles. The first-order valence-electron chi connectivity index (χ1n) is 7.02. The summed E-state index contributed by atoms with van der Waals surface area (Å²) in [5.41, 5.74) is 6.15. The van der Waals surface area contributed by atoms with Crippen molar-refractivity contribution in [2.24, 2.45) is 10.9 Å². The normalized spacial score (nSPS) is 13.2. The Bertz CT molecular complexity index is 449. The highest BCUT2D eigenvalue weighted by Gasteiger charge is 2.12. The molecule has 0 bridgehead atoms. The number of benzene rings is 1. The number of ether oxygens (including phenoxy) is 1. The highest BCUT2D eigenvalue weighted by Crippen LogP contribution is 2.24. The molecule has 1 rings (SSSR count). The van der Waals surface area contributed by atoms with Gasteiger partial charge in [-0.25, -0.2) is 0 Å². The van der Waals surface area contributed by atoms with Crippen LogP contribution in [0.3, 0.4) is 0 Å². The third kappa shape index (κ3) is 5.29. The SMILES string of the molecule is CCCCCCC(C)Oc1ccc(Cl)cc1C(N)=NO. The zero-order valence-electron chi connectivity index (χ0n) is 12.1. The lowest BCUT2D eigenvalue weighted by atomic mass is 10.1. The minimum Gasteiger partial charge on any atom is -0.490 e. The van der Waals surface area contributed by atoms with Gasteiger partial charge in [0.1, 0.15) is 5.75 Å². The summed E-state index contributed by atoms with van der Waals surface area (Å²) in [5, 5.41) is 12.3. The highest BCUT2D eigenvalue weighted by molar-refractivity contribution is 6.31. The summed E-state index contributed by atoms with van der Waals surface area (Å²) in [6, 6.07) is 5.11. The fraction of sp³-hybridized carbons (Fsp3) is 0.533. The number of halogens is 1. The first-order valence-corrected chi connectivity index (χ1v) is 7.40. The van der Waals surface area contributed by atoms with Gasteiger partial charge in [-0.05, 0) is 38.0 Å². The van der Waals surface area contributed by atoms with Gasteiger partial charge in [-0.1, -0.05) is 42.9 Å². The van der Waals surface area contributed by atoms with E-state index in [1.54, 1.807) is 18.2 Å². The number of hydrogen-bond acceptors (Lipinski definition) is 3. The molecule has 1 unspecified atom stereocenters. The number of unbranched alkanes of at least 4 members (excludes halogenated alkanes) is 3. The number of nitrogens with two attached hydrogens (primary N) is 1. The zero-order chi connectivity index (χ0) is 15.0. The van der Waals surface area contributed by atoms with E-state index < -0.39 is 0 Å². The number of amidine groups is 1. The van der Waals surface area contributed by atoms with Crippen LogP contribution in [0.15, 0.2) is 23.4 Å². The highest BCUT2D eigenvalue weighted by atomic mass is 35.5. The van der Waals surface area contributed by atoms with Crippen molar-refractivity contribution < 1.29 is 9.94 Å². The molecule has 0 aliphatic rings. The average molecular weight is 299 g/mol. The van der Waals surface area contributed by atoms with Gasteiger partial charge in [0.25, 0.3) is 0 Å². The molecular formula is C15H23ClN2O2. The molecule has 0 aromatic heterocycles. The Labute approximate surface area is 125 Å². The largest absolute Gasteiger partial charge is 0.490 e. The van der Waals surface area contributed by atoms with Gasteiger partial charge in [0, 0.05) is 5.02 Å². The maximum atomic E-state index is 8.80. The van der Waals surface area contributed by atoms with E-state index in [1.165, 1.54) is 19.3 Å². The van der Waals surface area contributed by atoms with E-state index in [4.69, 9.17) is 27.3 Å². The summed E-state index contributed by atoms with van der Waals surface area (Å²) in [6.45, 7) is 4.22. The molecule has 112 valence electrons. The number of hydrogen-bond donors (Lipinski definition) is 2. The van der Waals surface area contributed by atoms with Crippen LogP contribution >= 0.6 is 11.6 Å². The van der Waals surface area contributed by atoms with Gasteiger partial charge in [0.15, 0.2) is 5.84 Å². The van der Waals surface area contributed by atoms with Gasteiger partial charge in [0.05, 0.1) is 11.7 Å². The standard InChI is InChI=1S/C15H23ClN2O2/c1-3-4-5-6-7-11(2)20-14-9-8-12(16)10-13(14)15(17)18-19/h8-11,19H,3-7H2,1-2H3,(H2,17,18). The number of oxime groups is 1. The molecule has 0 aliphatic carbocycles. The summed E-state index contributed by atoms with van der Waals surface area (Å²) < 4.78 is 5.87.